The molecule has 1 aromatic rings. The molecule has 0 aromatic carbocycles. The molecule has 1 saturated heterocycles. The number of aliphatic hydroxyl groups is 3. The van der Waals surface area contributed by atoms with Gasteiger partial charge < -0.3 is 30.5 Å². The number of amides is 1. The van der Waals surface area contributed by atoms with Crippen molar-refractivity contribution in [2.75, 3.05) is 6.61 Å². The summed E-state index contributed by atoms with van der Waals surface area (Å²) in [5.74, 6) is -7.52. The molecule has 7 atom stereocenters. The molecule has 2 rings (SSSR count). The Balaban J connectivity index is 2.57. The number of nitrogens with zero attached hydrogens (tertiary/aromatic N) is 4. The first kappa shape index (κ1) is 22.6. The van der Waals surface area contributed by atoms with Gasteiger partial charge in [0.15, 0.2) is 11.0 Å². The van der Waals surface area contributed by atoms with Crippen LogP contribution in [0.5, 0.6) is 0 Å². The number of aliphatic hydroxyl groups excluding tert-OH is 3. The van der Waals surface area contributed by atoms with Gasteiger partial charge in [-0.25, -0.2) is 13.9 Å². The second-order valence-corrected chi connectivity index (χ2v) is 6.89. The molecular formula is C12H15Cl2F2N5O7. The first-order chi connectivity index (χ1) is 13.0. The Hall–Kier alpha value is -1.71. The number of halogens is 4. The summed E-state index contributed by atoms with van der Waals surface area (Å²) in [6.45, 7) is -1.05. The van der Waals surface area contributed by atoms with Crippen molar-refractivity contribution in [2.45, 2.75) is 47.3 Å². The van der Waals surface area contributed by atoms with Crippen molar-refractivity contribution in [3.05, 3.63) is 6.33 Å². The average Bonchev–Trinajstić information content (AvgIpc) is 3.17. The van der Waals surface area contributed by atoms with E-state index in [2.05, 4.69) is 25.6 Å². The highest BCUT2D eigenvalue weighted by atomic mass is 35.5. The van der Waals surface area contributed by atoms with Gasteiger partial charge >= 0.3 is 11.8 Å². The van der Waals surface area contributed by atoms with E-state index in [0.717, 1.165) is 6.33 Å². The second-order valence-electron chi connectivity index (χ2n) is 5.79. The molecule has 1 fully saturated rings. The van der Waals surface area contributed by atoms with Gasteiger partial charge in [-0.1, -0.05) is 23.2 Å². The lowest BCUT2D eigenvalue weighted by Gasteiger charge is -2.46. The lowest BCUT2D eigenvalue weighted by Crippen LogP contribution is -2.69. The van der Waals surface area contributed by atoms with Crippen molar-refractivity contribution < 1.29 is 43.5 Å². The average molecular weight is 450 g/mol. The molecule has 1 amide bonds. The van der Waals surface area contributed by atoms with Crippen LogP contribution in [0, 0.1) is 0 Å². The quantitative estimate of drug-likeness (QED) is 0.284. The predicted molar refractivity (Wildman–Crippen MR) is 84.6 cm³/mol. The van der Waals surface area contributed by atoms with Crippen LogP contribution in [0.2, 0.25) is 0 Å². The lowest BCUT2D eigenvalue weighted by molar-refractivity contribution is -0.283. The van der Waals surface area contributed by atoms with Crippen LogP contribution in [-0.4, -0.2) is 100 Å². The third-order valence-electron chi connectivity index (χ3n) is 4.07. The highest BCUT2D eigenvalue weighted by Gasteiger charge is 2.64. The summed E-state index contributed by atoms with van der Waals surface area (Å²) in [4.78, 5) is 21.6. The topological polar surface area (TPSA) is 180 Å². The van der Waals surface area contributed by atoms with Crippen LogP contribution < -0.4 is 5.32 Å². The van der Waals surface area contributed by atoms with Crippen LogP contribution in [0.15, 0.2) is 6.33 Å². The molecule has 1 aliphatic rings. The molecule has 0 saturated carbocycles. The van der Waals surface area contributed by atoms with E-state index < -0.39 is 65.7 Å². The summed E-state index contributed by atoms with van der Waals surface area (Å²) < 4.78 is 35.0. The number of aromatic nitrogens is 4. The fourth-order valence-electron chi connectivity index (χ4n) is 2.71. The number of carbonyl (C=O) groups is 2. The number of carboxylic acids is 1. The molecular weight excluding hydrogens is 435 g/mol. The van der Waals surface area contributed by atoms with Crippen molar-refractivity contribution in [3.63, 3.8) is 0 Å². The van der Waals surface area contributed by atoms with Gasteiger partial charge in [-0.2, -0.15) is 4.39 Å². The number of hydrogen-bond acceptors (Lipinski definition) is 9. The second kappa shape index (κ2) is 8.75. The summed E-state index contributed by atoms with van der Waals surface area (Å²) in [5, 5.41) is 49.9. The number of tetrazole rings is 1. The molecule has 2 unspecified atom stereocenters. The highest BCUT2D eigenvalue weighted by Crippen LogP contribution is 2.41. The number of carbonyl (C=O) groups excluding carboxylic acids is 1. The van der Waals surface area contributed by atoms with Crippen molar-refractivity contribution in [2.24, 2.45) is 0 Å². The fraction of sp³-hybridized carbons (Fsp3) is 0.750. The zero-order valence-electron chi connectivity index (χ0n) is 13.6. The minimum Gasteiger partial charge on any atom is -0.477 e. The van der Waals surface area contributed by atoms with Crippen LogP contribution in [0.1, 0.15) is 6.04 Å². The van der Waals surface area contributed by atoms with Gasteiger partial charge in [0.2, 0.25) is 0 Å². The van der Waals surface area contributed by atoms with Gasteiger partial charge in [-0.15, -0.1) is 5.10 Å². The largest absolute Gasteiger partial charge is 0.477 e. The molecule has 2 heterocycles. The van der Waals surface area contributed by atoms with Gasteiger partial charge in [0.05, 0.1) is 12.6 Å². The minimum absolute atomic E-state index is 0.595. The Bertz CT molecular complexity index is 702. The minimum atomic E-state index is -4.01. The number of carboxylic acid groups (broad SMARTS) is 1. The molecule has 0 radical (unpaired) electrons. The number of rotatable bonds is 7. The molecule has 1 aromatic heterocycles. The molecule has 5 N–H and O–H groups in total. The molecule has 158 valence electrons. The summed E-state index contributed by atoms with van der Waals surface area (Å²) in [7, 11) is 0. The number of aliphatic carboxylic acids is 1. The Kier molecular flexibility index (Phi) is 7.06. The van der Waals surface area contributed by atoms with Crippen molar-refractivity contribution in [1.29, 1.82) is 0 Å². The molecule has 0 spiro atoms. The van der Waals surface area contributed by atoms with Crippen molar-refractivity contribution in [1.82, 2.24) is 25.5 Å². The zero-order chi connectivity index (χ0) is 21.2. The summed E-state index contributed by atoms with van der Waals surface area (Å²) in [6, 6.07) is -3.73. The maximum absolute atomic E-state index is 14.9. The van der Waals surface area contributed by atoms with E-state index in [9.17, 15) is 28.6 Å². The molecule has 1 aliphatic heterocycles. The van der Waals surface area contributed by atoms with E-state index >= 15 is 0 Å². The number of hydrogen-bond donors (Lipinski definition) is 5. The summed E-state index contributed by atoms with van der Waals surface area (Å²) in [6.07, 6.45) is -8.40. The van der Waals surface area contributed by atoms with Gasteiger partial charge in [-0.3, -0.25) is 4.79 Å². The number of alkyl halides is 4. The zero-order valence-corrected chi connectivity index (χ0v) is 15.2. The third kappa shape index (κ3) is 4.16. The smallest absolute Gasteiger partial charge is 0.372 e. The molecule has 16 heteroatoms. The van der Waals surface area contributed by atoms with Crippen LogP contribution in [0.4, 0.5) is 8.78 Å². The number of nitrogens with one attached hydrogen (secondary N) is 1. The van der Waals surface area contributed by atoms with E-state index in [1.54, 1.807) is 0 Å². The van der Waals surface area contributed by atoms with E-state index in [4.69, 9.17) is 33.4 Å². The first-order valence-corrected chi connectivity index (χ1v) is 8.44. The van der Waals surface area contributed by atoms with Crippen LogP contribution in [-0.2, 0) is 14.3 Å². The van der Waals surface area contributed by atoms with Gasteiger partial charge in [0.25, 0.3) is 5.91 Å². The number of ether oxygens (including phenoxy) is 1. The van der Waals surface area contributed by atoms with Crippen LogP contribution in [0.3, 0.4) is 0 Å². The highest BCUT2D eigenvalue weighted by molar-refractivity contribution is 6.53. The van der Waals surface area contributed by atoms with Crippen LogP contribution in [0.25, 0.3) is 0 Å². The molecule has 12 nitrogen and oxygen atoms in total. The van der Waals surface area contributed by atoms with Gasteiger partial charge in [0, 0.05) is 0 Å². The molecule has 0 aliphatic carbocycles. The maximum Gasteiger partial charge on any atom is 0.372 e. The first-order valence-electron chi connectivity index (χ1n) is 7.56. The molecule has 28 heavy (non-hydrogen) atoms. The van der Waals surface area contributed by atoms with Crippen LogP contribution >= 0.6 is 23.2 Å². The summed E-state index contributed by atoms with van der Waals surface area (Å²) in [5.41, 5.74) is 0. The van der Waals surface area contributed by atoms with Gasteiger partial charge in [-0.05, 0) is 10.4 Å². The summed E-state index contributed by atoms with van der Waals surface area (Å²) >= 11 is 10.9. The van der Waals surface area contributed by atoms with Gasteiger partial charge in [0.1, 0.15) is 30.7 Å². The van der Waals surface area contributed by atoms with Crippen molar-refractivity contribution >= 4 is 35.1 Å². The Morgan fingerprint density at radius 2 is 2.04 bits per heavy atom. The van der Waals surface area contributed by atoms with E-state index in [1.165, 1.54) is 0 Å². The van der Waals surface area contributed by atoms with E-state index in [0.29, 0.717) is 4.68 Å². The monoisotopic (exact) mass is 449 g/mol. The Morgan fingerprint density at radius 3 is 2.50 bits per heavy atom. The normalized spacial score (nSPS) is 32.7. The Morgan fingerprint density at radius 1 is 1.39 bits per heavy atom. The maximum atomic E-state index is 14.9. The SMILES string of the molecule is O=C(N[C@H]1[C@H]([C@H](O)[C@H](O)CO)OC(F)(C(=O)O)C(F)[C@@H]1n1cnnn1)C(Cl)Cl. The standard InChI is InChI=1S/C12H15Cl2F2N5O7/c13-9(14)10(25)18-4-5(21-2-17-19-20-21)8(15)12(16,11(26)27)28-7(4)6(24)3(23)1-22/h2-9,22-24H,1H2,(H,18,25)(H,26,27)/t3-,4-,5-,6-,7-,8?,12?/m1/s1. The Labute approximate surface area is 165 Å². The predicted octanol–water partition coefficient (Wildman–Crippen LogP) is -2.30. The fourth-order valence-corrected chi connectivity index (χ4v) is 2.83. The van der Waals surface area contributed by atoms with E-state index in [-0.39, 0.29) is 0 Å². The van der Waals surface area contributed by atoms with Crippen molar-refractivity contribution in [3.8, 4) is 0 Å². The van der Waals surface area contributed by atoms with E-state index in [1.807, 2.05) is 0 Å². The lowest BCUT2D eigenvalue weighted by atomic mass is 9.86. The third-order valence-corrected chi connectivity index (χ3v) is 4.47. The molecule has 0 bridgehead atoms.